The Morgan fingerprint density at radius 3 is 2.21 bits per heavy atom. The molecule has 0 radical (unpaired) electrons. The van der Waals surface area contributed by atoms with Gasteiger partial charge in [-0.25, -0.2) is 0 Å². The molecule has 1 heteroatoms. The molecule has 0 N–H and O–H groups in total. The highest BCUT2D eigenvalue weighted by Crippen LogP contribution is 2.27. The van der Waals surface area contributed by atoms with Gasteiger partial charge in [0.25, 0.3) is 0 Å². The number of allylic oxidation sites excluding steroid dienone is 2. The van der Waals surface area contributed by atoms with Crippen molar-refractivity contribution in [3.63, 3.8) is 0 Å². The van der Waals surface area contributed by atoms with Crippen LogP contribution in [-0.4, -0.2) is 6.61 Å². The first-order chi connectivity index (χ1) is 13.8. The van der Waals surface area contributed by atoms with Crippen LogP contribution in [0.25, 0.3) is 11.1 Å². The molecule has 0 fully saturated rings. The van der Waals surface area contributed by atoms with Gasteiger partial charge in [0.2, 0.25) is 0 Å². The van der Waals surface area contributed by atoms with E-state index in [1.807, 2.05) is 12.1 Å². The van der Waals surface area contributed by atoms with Gasteiger partial charge >= 0.3 is 0 Å². The topological polar surface area (TPSA) is 9.23 Å². The van der Waals surface area contributed by atoms with Crippen molar-refractivity contribution in [2.75, 3.05) is 6.61 Å². The number of ether oxygens (including phenoxy) is 1. The second-order valence-corrected chi connectivity index (χ2v) is 7.71. The smallest absolute Gasteiger partial charge is 0.119 e. The van der Waals surface area contributed by atoms with Gasteiger partial charge in [-0.15, -0.1) is 0 Å². The predicted molar refractivity (Wildman–Crippen MR) is 119 cm³/mol. The van der Waals surface area contributed by atoms with Crippen molar-refractivity contribution in [2.45, 2.75) is 58.8 Å². The van der Waals surface area contributed by atoms with E-state index in [9.17, 15) is 0 Å². The summed E-state index contributed by atoms with van der Waals surface area (Å²) < 4.78 is 5.66. The van der Waals surface area contributed by atoms with E-state index in [0.29, 0.717) is 0 Å². The van der Waals surface area contributed by atoms with Crippen LogP contribution in [0.15, 0.2) is 60.2 Å². The van der Waals surface area contributed by atoms with Gasteiger partial charge in [0.1, 0.15) is 5.75 Å². The molecule has 0 bridgehead atoms. The monoisotopic (exact) mass is 372 g/mol. The number of rotatable bonds is 7. The molecule has 0 heterocycles. The Morgan fingerprint density at radius 2 is 1.61 bits per heavy atom. The van der Waals surface area contributed by atoms with Gasteiger partial charge < -0.3 is 4.74 Å². The lowest BCUT2D eigenvalue weighted by atomic mass is 9.86. The number of benzene rings is 2. The average molecular weight is 373 g/mol. The van der Waals surface area contributed by atoms with Crippen LogP contribution < -0.4 is 4.74 Å². The van der Waals surface area contributed by atoms with Crippen molar-refractivity contribution in [3.05, 3.63) is 65.7 Å². The molecule has 1 nitrogen and oxygen atoms in total. The Bertz CT molecular complexity index is 815. The van der Waals surface area contributed by atoms with E-state index < -0.39 is 0 Å². The van der Waals surface area contributed by atoms with E-state index in [-0.39, 0.29) is 0 Å². The van der Waals surface area contributed by atoms with Crippen molar-refractivity contribution < 1.29 is 4.74 Å². The van der Waals surface area contributed by atoms with E-state index in [1.165, 1.54) is 48.8 Å². The van der Waals surface area contributed by atoms with Crippen LogP contribution in [0, 0.1) is 17.8 Å². The third kappa shape index (κ3) is 6.03. The summed E-state index contributed by atoms with van der Waals surface area (Å²) in [4.78, 5) is 0. The highest BCUT2D eigenvalue weighted by molar-refractivity contribution is 5.65. The second kappa shape index (κ2) is 10.8. The highest BCUT2D eigenvalue weighted by atomic mass is 16.5. The van der Waals surface area contributed by atoms with E-state index in [4.69, 9.17) is 4.74 Å². The minimum Gasteiger partial charge on any atom is -0.494 e. The van der Waals surface area contributed by atoms with Gasteiger partial charge in [-0.1, -0.05) is 75.3 Å². The normalized spacial score (nSPS) is 16.1. The summed E-state index contributed by atoms with van der Waals surface area (Å²) in [6.45, 7) is 5.16. The van der Waals surface area contributed by atoms with Crippen molar-refractivity contribution in [1.29, 1.82) is 0 Å². The van der Waals surface area contributed by atoms with Gasteiger partial charge in [-0.2, -0.15) is 0 Å². The first-order valence-electron chi connectivity index (χ1n) is 10.8. The molecule has 0 aliphatic heterocycles. The molecule has 2 aromatic rings. The summed E-state index contributed by atoms with van der Waals surface area (Å²) in [5.74, 6) is 8.55. The fourth-order valence-corrected chi connectivity index (χ4v) is 3.62. The van der Waals surface area contributed by atoms with Crippen molar-refractivity contribution in [3.8, 4) is 28.7 Å². The number of unbranched alkanes of at least 4 members (excludes halogenated alkanes) is 1. The van der Waals surface area contributed by atoms with Crippen molar-refractivity contribution >= 4 is 0 Å². The Labute approximate surface area is 170 Å². The van der Waals surface area contributed by atoms with E-state index >= 15 is 0 Å². The van der Waals surface area contributed by atoms with Crippen LogP contribution in [0.3, 0.4) is 0 Å². The fourth-order valence-electron chi connectivity index (χ4n) is 3.62. The SMILES string of the molecule is CCCCC1CC=C(C#Cc2ccc(-c3ccc(OCCC)cc3)cc2)CC1. The largest absolute Gasteiger partial charge is 0.494 e. The van der Waals surface area contributed by atoms with Gasteiger partial charge in [-0.3, -0.25) is 0 Å². The second-order valence-electron chi connectivity index (χ2n) is 7.71. The lowest BCUT2D eigenvalue weighted by molar-refractivity contribution is 0.317. The zero-order chi connectivity index (χ0) is 19.6. The number of hydrogen-bond donors (Lipinski definition) is 0. The molecule has 1 unspecified atom stereocenters. The lowest BCUT2D eigenvalue weighted by Gasteiger charge is -2.19. The molecule has 1 aliphatic rings. The molecule has 146 valence electrons. The molecule has 2 aromatic carbocycles. The third-order valence-corrected chi connectivity index (χ3v) is 5.40. The first kappa shape index (κ1) is 20.3. The molecule has 0 amide bonds. The molecule has 0 spiro atoms. The maximum Gasteiger partial charge on any atom is 0.119 e. The summed E-state index contributed by atoms with van der Waals surface area (Å²) in [5, 5.41) is 0. The Hall–Kier alpha value is -2.46. The highest BCUT2D eigenvalue weighted by Gasteiger charge is 2.12. The molecule has 1 atom stereocenters. The molecule has 3 rings (SSSR count). The summed E-state index contributed by atoms with van der Waals surface area (Å²) in [6.07, 6.45) is 11.1. The molecular formula is C27H32O. The van der Waals surface area contributed by atoms with Crippen LogP contribution in [-0.2, 0) is 0 Å². The minimum absolute atomic E-state index is 0.766. The van der Waals surface area contributed by atoms with Crippen molar-refractivity contribution in [2.24, 2.45) is 5.92 Å². The molecule has 28 heavy (non-hydrogen) atoms. The Morgan fingerprint density at radius 1 is 0.893 bits per heavy atom. The van der Waals surface area contributed by atoms with Crippen LogP contribution >= 0.6 is 0 Å². The van der Waals surface area contributed by atoms with E-state index in [0.717, 1.165) is 36.7 Å². The molecule has 1 aliphatic carbocycles. The van der Waals surface area contributed by atoms with Crippen LogP contribution in [0.1, 0.15) is 64.4 Å². The van der Waals surface area contributed by atoms with Gasteiger partial charge in [0.05, 0.1) is 6.61 Å². The summed E-state index contributed by atoms with van der Waals surface area (Å²) in [6, 6.07) is 16.9. The van der Waals surface area contributed by atoms with E-state index in [1.54, 1.807) is 0 Å². The maximum atomic E-state index is 5.66. The third-order valence-electron chi connectivity index (χ3n) is 5.40. The minimum atomic E-state index is 0.766. The fraction of sp³-hybridized carbons (Fsp3) is 0.407. The molecular weight excluding hydrogens is 340 g/mol. The number of hydrogen-bond acceptors (Lipinski definition) is 1. The zero-order valence-corrected chi connectivity index (χ0v) is 17.3. The Kier molecular flexibility index (Phi) is 7.80. The zero-order valence-electron chi connectivity index (χ0n) is 17.3. The average Bonchev–Trinajstić information content (AvgIpc) is 2.76. The summed E-state index contributed by atoms with van der Waals surface area (Å²) in [7, 11) is 0. The molecule has 0 saturated heterocycles. The lowest BCUT2D eigenvalue weighted by Crippen LogP contribution is -2.05. The maximum absolute atomic E-state index is 5.66. The standard InChI is InChI=1S/C27H32O/c1-3-5-6-22-7-9-23(10-8-22)11-12-24-13-15-25(16-14-24)26-17-19-27(20-18-26)28-21-4-2/h9,13-20,22H,3-8,10,21H2,1-2H3. The molecule has 0 aromatic heterocycles. The van der Waals surface area contributed by atoms with Crippen LogP contribution in [0.4, 0.5) is 0 Å². The van der Waals surface area contributed by atoms with Crippen molar-refractivity contribution in [1.82, 2.24) is 0 Å². The van der Waals surface area contributed by atoms with Gasteiger partial charge in [0.15, 0.2) is 0 Å². The van der Waals surface area contributed by atoms with Gasteiger partial charge in [-0.05, 0) is 72.6 Å². The summed E-state index contributed by atoms with van der Waals surface area (Å²) in [5.41, 5.74) is 4.82. The molecule has 0 saturated carbocycles. The van der Waals surface area contributed by atoms with Gasteiger partial charge in [0, 0.05) is 5.56 Å². The van der Waals surface area contributed by atoms with Crippen LogP contribution in [0.5, 0.6) is 5.75 Å². The predicted octanol–water partition coefficient (Wildman–Crippen LogP) is 7.41. The Balaban J connectivity index is 1.58. The first-order valence-corrected chi connectivity index (χ1v) is 10.8. The van der Waals surface area contributed by atoms with E-state index in [2.05, 4.69) is 68.2 Å². The van der Waals surface area contributed by atoms with Crippen LogP contribution in [0.2, 0.25) is 0 Å². The quantitative estimate of drug-likeness (QED) is 0.460. The summed E-state index contributed by atoms with van der Waals surface area (Å²) >= 11 is 0.